The number of pyridine rings is 1. The standard InChI is InChI=1S/C9H11N5OS/c1-6-13-14-9(15-6)16-5-8-4-7(12-10)2-3-11-8/h2-4H,5,10H2,1H3,(H,11,12). The van der Waals surface area contributed by atoms with Crippen LogP contribution in [-0.4, -0.2) is 15.2 Å². The van der Waals surface area contributed by atoms with Gasteiger partial charge >= 0.3 is 0 Å². The van der Waals surface area contributed by atoms with Gasteiger partial charge in [0.15, 0.2) is 0 Å². The van der Waals surface area contributed by atoms with Crippen molar-refractivity contribution in [3.05, 3.63) is 29.9 Å². The molecule has 0 spiro atoms. The number of hydrazine groups is 1. The average Bonchev–Trinajstić information content (AvgIpc) is 2.73. The van der Waals surface area contributed by atoms with Gasteiger partial charge < -0.3 is 9.84 Å². The molecule has 16 heavy (non-hydrogen) atoms. The Bertz CT molecular complexity index is 472. The fraction of sp³-hybridized carbons (Fsp3) is 0.222. The predicted molar refractivity (Wildman–Crippen MR) is 60.6 cm³/mol. The molecule has 0 fully saturated rings. The fourth-order valence-electron chi connectivity index (χ4n) is 1.12. The van der Waals surface area contributed by atoms with E-state index >= 15 is 0 Å². The van der Waals surface area contributed by atoms with Crippen LogP contribution in [0.4, 0.5) is 5.69 Å². The lowest BCUT2D eigenvalue weighted by Crippen LogP contribution is -2.07. The topological polar surface area (TPSA) is 89.9 Å². The highest BCUT2D eigenvalue weighted by Gasteiger charge is 2.04. The number of nitrogens with zero attached hydrogens (tertiary/aromatic N) is 3. The lowest BCUT2D eigenvalue weighted by Gasteiger charge is -2.01. The number of nitrogens with two attached hydrogens (primary N) is 1. The Labute approximate surface area is 96.6 Å². The van der Waals surface area contributed by atoms with Gasteiger partial charge in [-0.2, -0.15) is 0 Å². The molecule has 0 unspecified atom stereocenters. The van der Waals surface area contributed by atoms with Crippen molar-refractivity contribution in [2.24, 2.45) is 5.84 Å². The molecule has 0 radical (unpaired) electrons. The van der Waals surface area contributed by atoms with Crippen LogP contribution in [0.1, 0.15) is 11.6 Å². The van der Waals surface area contributed by atoms with Crippen LogP contribution in [0, 0.1) is 6.92 Å². The molecule has 0 aliphatic carbocycles. The molecule has 0 saturated heterocycles. The molecule has 0 aliphatic heterocycles. The van der Waals surface area contributed by atoms with Crippen LogP contribution in [0.2, 0.25) is 0 Å². The molecule has 0 atom stereocenters. The number of nitrogens with one attached hydrogen (secondary N) is 1. The third kappa shape index (κ3) is 2.71. The van der Waals surface area contributed by atoms with Crippen molar-refractivity contribution in [2.75, 3.05) is 5.43 Å². The SMILES string of the molecule is Cc1nnc(SCc2cc(NN)ccn2)o1. The number of thioether (sulfide) groups is 1. The van der Waals surface area contributed by atoms with Crippen molar-refractivity contribution in [2.45, 2.75) is 17.9 Å². The summed E-state index contributed by atoms with van der Waals surface area (Å²) in [7, 11) is 0. The minimum Gasteiger partial charge on any atom is -0.416 e. The summed E-state index contributed by atoms with van der Waals surface area (Å²) in [5.41, 5.74) is 4.29. The minimum atomic E-state index is 0.547. The Balaban J connectivity index is 1.99. The number of nitrogen functional groups attached to an aromatic ring is 1. The molecule has 2 aromatic rings. The highest BCUT2D eigenvalue weighted by Crippen LogP contribution is 2.21. The van der Waals surface area contributed by atoms with Crippen LogP contribution < -0.4 is 11.3 Å². The van der Waals surface area contributed by atoms with Gasteiger partial charge in [-0.25, -0.2) is 0 Å². The van der Waals surface area contributed by atoms with Crippen LogP contribution in [0.15, 0.2) is 28.0 Å². The number of anilines is 1. The monoisotopic (exact) mass is 237 g/mol. The van der Waals surface area contributed by atoms with Crippen molar-refractivity contribution in [3.63, 3.8) is 0 Å². The second-order valence-corrected chi connectivity index (χ2v) is 3.98. The van der Waals surface area contributed by atoms with Crippen molar-refractivity contribution < 1.29 is 4.42 Å². The summed E-state index contributed by atoms with van der Waals surface area (Å²) in [5, 5.41) is 8.17. The van der Waals surface area contributed by atoms with Crippen LogP contribution >= 0.6 is 11.8 Å². The van der Waals surface area contributed by atoms with E-state index in [0.29, 0.717) is 16.9 Å². The van der Waals surface area contributed by atoms with E-state index in [-0.39, 0.29) is 0 Å². The van der Waals surface area contributed by atoms with E-state index in [4.69, 9.17) is 10.3 Å². The molecule has 84 valence electrons. The van der Waals surface area contributed by atoms with E-state index in [1.165, 1.54) is 11.8 Å². The Morgan fingerprint density at radius 2 is 2.38 bits per heavy atom. The van der Waals surface area contributed by atoms with Gasteiger partial charge in [-0.1, -0.05) is 11.8 Å². The van der Waals surface area contributed by atoms with Crippen molar-refractivity contribution >= 4 is 17.4 Å². The lowest BCUT2D eigenvalue weighted by molar-refractivity contribution is 0.429. The van der Waals surface area contributed by atoms with Gasteiger partial charge in [0.1, 0.15) is 0 Å². The summed E-state index contributed by atoms with van der Waals surface area (Å²) in [5.74, 6) is 6.53. The summed E-state index contributed by atoms with van der Waals surface area (Å²) in [6.45, 7) is 1.76. The van der Waals surface area contributed by atoms with E-state index in [2.05, 4.69) is 20.6 Å². The minimum absolute atomic E-state index is 0.547. The first-order valence-corrected chi connectivity index (χ1v) is 5.61. The van der Waals surface area contributed by atoms with Crippen molar-refractivity contribution in [1.82, 2.24) is 15.2 Å². The number of hydrogen-bond donors (Lipinski definition) is 2. The normalized spacial score (nSPS) is 10.4. The first-order valence-electron chi connectivity index (χ1n) is 4.62. The maximum Gasteiger partial charge on any atom is 0.276 e. The maximum absolute atomic E-state index is 5.30. The zero-order chi connectivity index (χ0) is 11.4. The van der Waals surface area contributed by atoms with Gasteiger partial charge in [0, 0.05) is 18.9 Å². The van der Waals surface area contributed by atoms with Gasteiger partial charge in [0.2, 0.25) is 5.89 Å². The molecule has 0 saturated carbocycles. The average molecular weight is 237 g/mol. The van der Waals surface area contributed by atoms with Gasteiger partial charge in [0.25, 0.3) is 5.22 Å². The molecule has 0 bridgehead atoms. The van der Waals surface area contributed by atoms with Gasteiger partial charge in [-0.3, -0.25) is 10.8 Å². The second kappa shape index (κ2) is 4.95. The molecule has 0 aliphatic rings. The Hall–Kier alpha value is -1.60. The molecule has 0 amide bonds. The van der Waals surface area contributed by atoms with Crippen molar-refractivity contribution in [3.8, 4) is 0 Å². The van der Waals surface area contributed by atoms with E-state index in [1.54, 1.807) is 19.2 Å². The van der Waals surface area contributed by atoms with E-state index in [9.17, 15) is 0 Å². The summed E-state index contributed by atoms with van der Waals surface area (Å²) in [6, 6.07) is 3.67. The Kier molecular flexibility index (Phi) is 3.37. The maximum atomic E-state index is 5.30. The van der Waals surface area contributed by atoms with Crippen LogP contribution in [0.5, 0.6) is 0 Å². The zero-order valence-corrected chi connectivity index (χ0v) is 9.49. The molecule has 7 heteroatoms. The van der Waals surface area contributed by atoms with Crippen LogP contribution in [0.25, 0.3) is 0 Å². The predicted octanol–water partition coefficient (Wildman–Crippen LogP) is 1.35. The third-order valence-electron chi connectivity index (χ3n) is 1.83. The smallest absolute Gasteiger partial charge is 0.276 e. The number of rotatable bonds is 4. The largest absolute Gasteiger partial charge is 0.416 e. The first-order chi connectivity index (χ1) is 7.78. The summed E-state index contributed by atoms with van der Waals surface area (Å²) in [6.07, 6.45) is 1.70. The van der Waals surface area contributed by atoms with Crippen molar-refractivity contribution in [1.29, 1.82) is 0 Å². The number of aryl methyl sites for hydroxylation is 1. The molecular weight excluding hydrogens is 226 g/mol. The molecular formula is C9H11N5OS. The first kappa shape index (κ1) is 10.9. The molecule has 0 aromatic carbocycles. The third-order valence-corrected chi connectivity index (χ3v) is 2.69. The number of aromatic nitrogens is 3. The van der Waals surface area contributed by atoms with Crippen LogP contribution in [-0.2, 0) is 5.75 Å². The summed E-state index contributed by atoms with van der Waals surface area (Å²) < 4.78 is 5.23. The molecule has 2 rings (SSSR count). The lowest BCUT2D eigenvalue weighted by atomic mass is 10.3. The summed E-state index contributed by atoms with van der Waals surface area (Å²) in [4.78, 5) is 4.20. The van der Waals surface area contributed by atoms with Gasteiger partial charge in [-0.15, -0.1) is 10.2 Å². The fourth-order valence-corrected chi connectivity index (χ4v) is 1.83. The molecule has 2 heterocycles. The van der Waals surface area contributed by atoms with E-state index in [0.717, 1.165) is 11.4 Å². The quantitative estimate of drug-likeness (QED) is 0.471. The van der Waals surface area contributed by atoms with E-state index in [1.807, 2.05) is 6.07 Å². The summed E-state index contributed by atoms with van der Waals surface area (Å²) >= 11 is 1.44. The van der Waals surface area contributed by atoms with Crippen LogP contribution in [0.3, 0.4) is 0 Å². The van der Waals surface area contributed by atoms with Gasteiger partial charge in [-0.05, 0) is 12.1 Å². The zero-order valence-electron chi connectivity index (χ0n) is 8.67. The number of hydrogen-bond acceptors (Lipinski definition) is 7. The molecule has 6 nitrogen and oxygen atoms in total. The Morgan fingerprint density at radius 3 is 3.06 bits per heavy atom. The highest BCUT2D eigenvalue weighted by atomic mass is 32.2. The second-order valence-electron chi connectivity index (χ2n) is 3.06. The Morgan fingerprint density at radius 1 is 1.50 bits per heavy atom. The highest BCUT2D eigenvalue weighted by molar-refractivity contribution is 7.98. The molecule has 2 aromatic heterocycles. The molecule has 3 N–H and O–H groups in total. The van der Waals surface area contributed by atoms with E-state index < -0.39 is 0 Å². The van der Waals surface area contributed by atoms with Gasteiger partial charge in [0.05, 0.1) is 11.4 Å².